The summed E-state index contributed by atoms with van der Waals surface area (Å²) in [7, 11) is 0. The second-order valence-electron chi connectivity index (χ2n) is 10.3. The normalized spacial score (nSPS) is 14.3. The van der Waals surface area contributed by atoms with Crippen LogP contribution in [-0.2, 0) is 11.3 Å². The van der Waals surface area contributed by atoms with Crippen molar-refractivity contribution in [2.24, 2.45) is 5.10 Å². The van der Waals surface area contributed by atoms with Gasteiger partial charge in [0.25, 0.3) is 17.5 Å². The van der Waals surface area contributed by atoms with Crippen LogP contribution in [0.2, 0.25) is 0 Å². The molecule has 2 aromatic heterocycles. The highest BCUT2D eigenvalue weighted by molar-refractivity contribution is 7.99. The van der Waals surface area contributed by atoms with Crippen LogP contribution in [0, 0.1) is 22.9 Å². The zero-order valence-electron chi connectivity index (χ0n) is 24.4. The number of thioether (sulfide) groups is 1. The highest BCUT2D eigenvalue weighted by Crippen LogP contribution is 2.35. The van der Waals surface area contributed by atoms with Gasteiger partial charge in [-0.3, -0.25) is 24.3 Å². The second-order valence-corrected chi connectivity index (χ2v) is 12.2. The molecule has 11 nitrogen and oxygen atoms in total. The maximum absolute atomic E-state index is 13.7. The maximum Gasteiger partial charge on any atom is 0.273 e. The Morgan fingerprint density at radius 1 is 1.04 bits per heavy atom. The number of nitro groups is 1. The predicted octanol–water partition coefficient (Wildman–Crippen LogP) is 6.08. The van der Waals surface area contributed by atoms with E-state index in [2.05, 4.69) is 20.6 Å². The molecular weight excluding hydrogens is 630 g/mol. The lowest BCUT2D eigenvalue weighted by atomic mass is 10.0. The lowest BCUT2D eigenvalue weighted by Crippen LogP contribution is -2.28. The van der Waals surface area contributed by atoms with Crippen LogP contribution in [-0.4, -0.2) is 48.0 Å². The van der Waals surface area contributed by atoms with Crippen LogP contribution in [0.4, 0.5) is 10.1 Å². The van der Waals surface area contributed by atoms with E-state index in [0.29, 0.717) is 17.4 Å². The smallest absolute Gasteiger partial charge is 0.273 e. The van der Waals surface area contributed by atoms with Crippen molar-refractivity contribution < 1.29 is 18.9 Å². The topological polar surface area (TPSA) is 136 Å². The van der Waals surface area contributed by atoms with Gasteiger partial charge in [0.2, 0.25) is 0 Å². The van der Waals surface area contributed by atoms with Crippen LogP contribution in [0.15, 0.2) is 101 Å². The Hall–Kier alpha value is -5.21. The summed E-state index contributed by atoms with van der Waals surface area (Å²) in [5.74, 6) is -0.718. The number of amides is 2. The highest BCUT2D eigenvalue weighted by atomic mass is 32.2. The van der Waals surface area contributed by atoms with Crippen LogP contribution in [0.1, 0.15) is 44.6 Å². The Morgan fingerprint density at radius 3 is 2.54 bits per heavy atom. The summed E-state index contributed by atoms with van der Waals surface area (Å²) in [6.07, 6.45) is 0.497. The molecule has 1 atom stereocenters. The zero-order valence-corrected chi connectivity index (χ0v) is 26.0. The van der Waals surface area contributed by atoms with Gasteiger partial charge in [-0.25, -0.2) is 9.40 Å². The van der Waals surface area contributed by atoms with Gasteiger partial charge in [0.05, 0.1) is 33.9 Å². The van der Waals surface area contributed by atoms with Crippen molar-refractivity contribution >= 4 is 46.3 Å². The number of carbonyl (C=O) groups excluding carboxylic acids is 2. The Bertz CT molecular complexity index is 1930. The van der Waals surface area contributed by atoms with E-state index in [1.165, 1.54) is 65.4 Å². The molecule has 1 aliphatic heterocycles. The second kappa shape index (κ2) is 13.4. The molecule has 3 heterocycles. The summed E-state index contributed by atoms with van der Waals surface area (Å²) in [5.41, 5.74) is 2.59. The summed E-state index contributed by atoms with van der Waals surface area (Å²) in [4.78, 5) is 38.5. The van der Waals surface area contributed by atoms with Gasteiger partial charge in [0.1, 0.15) is 5.82 Å². The SMILES string of the molecule is Cc1c(C(=O)NCc2nnc(SCC(=O)N3N=C(c4cccs4)C[C@@H]3c3ccc(F)cc3)n2-c2ccccc2)cccc1[N+](=O)[O-]. The molecule has 14 heteroatoms. The average Bonchev–Trinajstić information content (AvgIpc) is 3.83. The molecule has 5 aromatic rings. The molecule has 2 amide bonds. The minimum Gasteiger partial charge on any atom is -0.345 e. The van der Waals surface area contributed by atoms with Gasteiger partial charge in [0, 0.05) is 29.3 Å². The van der Waals surface area contributed by atoms with Crippen LogP contribution >= 0.6 is 23.1 Å². The summed E-state index contributed by atoms with van der Waals surface area (Å²) in [5, 5.41) is 31.3. The maximum atomic E-state index is 13.7. The molecule has 6 rings (SSSR count). The van der Waals surface area contributed by atoms with Crippen molar-refractivity contribution in [1.29, 1.82) is 0 Å². The van der Waals surface area contributed by atoms with Crippen LogP contribution in [0.5, 0.6) is 0 Å². The first kappa shape index (κ1) is 30.8. The molecule has 0 bridgehead atoms. The van der Waals surface area contributed by atoms with Crippen LogP contribution in [0.25, 0.3) is 5.69 Å². The summed E-state index contributed by atoms with van der Waals surface area (Å²) >= 11 is 2.72. The van der Waals surface area contributed by atoms with E-state index in [-0.39, 0.29) is 46.9 Å². The third-order valence-electron chi connectivity index (χ3n) is 7.42. The van der Waals surface area contributed by atoms with E-state index in [0.717, 1.165) is 21.8 Å². The summed E-state index contributed by atoms with van der Waals surface area (Å²) in [6, 6.07) is 23.2. The van der Waals surface area contributed by atoms with E-state index in [1.54, 1.807) is 16.7 Å². The Morgan fingerprint density at radius 2 is 1.83 bits per heavy atom. The molecule has 1 aliphatic rings. The number of thiophene rings is 1. The molecule has 46 heavy (non-hydrogen) atoms. The number of hydrazone groups is 1. The molecular formula is C32H26FN7O4S2. The fourth-order valence-corrected chi connectivity index (χ4v) is 6.68. The molecule has 0 unspecified atom stereocenters. The van der Waals surface area contributed by atoms with Crippen molar-refractivity contribution in [2.75, 3.05) is 5.75 Å². The predicted molar refractivity (Wildman–Crippen MR) is 173 cm³/mol. The summed E-state index contributed by atoms with van der Waals surface area (Å²) < 4.78 is 15.4. The highest BCUT2D eigenvalue weighted by Gasteiger charge is 2.34. The van der Waals surface area contributed by atoms with Gasteiger partial charge >= 0.3 is 0 Å². The minimum atomic E-state index is -0.527. The van der Waals surface area contributed by atoms with Gasteiger partial charge in [-0.15, -0.1) is 21.5 Å². The fourth-order valence-electron chi connectivity index (χ4n) is 5.14. The Balaban J connectivity index is 1.22. The lowest BCUT2D eigenvalue weighted by Gasteiger charge is -2.22. The van der Waals surface area contributed by atoms with Crippen LogP contribution < -0.4 is 5.32 Å². The fraction of sp³-hybridized carbons (Fsp3) is 0.156. The Kier molecular flexibility index (Phi) is 8.99. The van der Waals surface area contributed by atoms with Gasteiger partial charge in [-0.05, 0) is 54.3 Å². The summed E-state index contributed by atoms with van der Waals surface area (Å²) in [6.45, 7) is 1.50. The van der Waals surface area contributed by atoms with E-state index in [9.17, 15) is 24.1 Å². The molecule has 0 aliphatic carbocycles. The zero-order chi connectivity index (χ0) is 32.2. The van der Waals surface area contributed by atoms with Crippen molar-refractivity contribution in [2.45, 2.75) is 31.1 Å². The van der Waals surface area contributed by atoms with Crippen LogP contribution in [0.3, 0.4) is 0 Å². The quantitative estimate of drug-likeness (QED) is 0.109. The monoisotopic (exact) mass is 655 g/mol. The Labute approximate surface area is 270 Å². The minimum absolute atomic E-state index is 0.0108. The number of hydrogen-bond donors (Lipinski definition) is 1. The largest absolute Gasteiger partial charge is 0.345 e. The number of rotatable bonds is 10. The standard InChI is InChI=1S/C32H26FN7O4S2/c1-20-24(9-5-10-26(20)40(43)44)31(42)34-18-29-35-36-32(38(29)23-7-3-2-4-8-23)46-19-30(41)39-27(21-12-14-22(33)15-13-21)17-25(37-39)28-11-6-16-45-28/h2-16,27H,17-19H2,1H3,(H,34,42)/t27-/m1/s1. The molecule has 0 saturated heterocycles. The van der Waals surface area contributed by atoms with Crippen molar-refractivity contribution in [1.82, 2.24) is 25.1 Å². The molecule has 3 aromatic carbocycles. The molecule has 1 N–H and O–H groups in total. The number of halogens is 1. The third-order valence-corrected chi connectivity index (χ3v) is 9.25. The first-order valence-electron chi connectivity index (χ1n) is 14.1. The van der Waals surface area contributed by atoms with Gasteiger partial charge in [-0.2, -0.15) is 5.10 Å². The average molecular weight is 656 g/mol. The first-order chi connectivity index (χ1) is 22.3. The van der Waals surface area contributed by atoms with Crippen molar-refractivity contribution in [3.05, 3.63) is 134 Å². The van der Waals surface area contributed by atoms with Crippen molar-refractivity contribution in [3.8, 4) is 5.69 Å². The number of benzene rings is 3. The molecule has 0 saturated carbocycles. The van der Waals surface area contributed by atoms with Gasteiger partial charge in [-0.1, -0.05) is 54.2 Å². The van der Waals surface area contributed by atoms with Gasteiger partial charge < -0.3 is 5.32 Å². The van der Waals surface area contributed by atoms with Gasteiger partial charge in [0.15, 0.2) is 11.0 Å². The number of nitro benzene ring substituents is 1. The number of aromatic nitrogens is 3. The number of para-hydroxylation sites is 1. The molecule has 232 valence electrons. The van der Waals surface area contributed by atoms with E-state index >= 15 is 0 Å². The van der Waals surface area contributed by atoms with E-state index in [4.69, 9.17) is 0 Å². The van der Waals surface area contributed by atoms with E-state index < -0.39 is 10.8 Å². The number of nitrogens with one attached hydrogen (secondary N) is 1. The number of hydrogen-bond acceptors (Lipinski definition) is 9. The lowest BCUT2D eigenvalue weighted by molar-refractivity contribution is -0.385. The van der Waals surface area contributed by atoms with Crippen molar-refractivity contribution in [3.63, 3.8) is 0 Å². The van der Waals surface area contributed by atoms with E-state index in [1.807, 2.05) is 47.8 Å². The number of carbonyl (C=O) groups is 2. The number of nitrogens with zero attached hydrogens (tertiary/aromatic N) is 6. The molecule has 0 radical (unpaired) electrons. The molecule has 0 spiro atoms. The first-order valence-corrected chi connectivity index (χ1v) is 16.0. The molecule has 0 fully saturated rings. The third kappa shape index (κ3) is 6.43.